The summed E-state index contributed by atoms with van der Waals surface area (Å²) in [5.74, 6) is 0. The SMILES string of the molecule is CCC[CH2][Al]([CH2]CCC)[c]1ccccc1N(CC)CC. The van der Waals surface area contributed by atoms with E-state index in [1.54, 1.807) is 4.43 Å². The summed E-state index contributed by atoms with van der Waals surface area (Å²) in [7, 11) is 0. The van der Waals surface area contributed by atoms with Gasteiger partial charge in [-0.2, -0.15) is 0 Å². The molecule has 0 fully saturated rings. The zero-order valence-electron chi connectivity index (χ0n) is 14.0. The van der Waals surface area contributed by atoms with Crippen molar-refractivity contribution < 1.29 is 0 Å². The van der Waals surface area contributed by atoms with E-state index in [1.807, 2.05) is 0 Å². The lowest BCUT2D eigenvalue weighted by Crippen LogP contribution is -2.36. The Morgan fingerprint density at radius 3 is 1.90 bits per heavy atom. The van der Waals surface area contributed by atoms with Crippen LogP contribution in [0.15, 0.2) is 24.3 Å². The fourth-order valence-corrected chi connectivity index (χ4v) is 6.83. The molecule has 1 rings (SSSR count). The highest BCUT2D eigenvalue weighted by Gasteiger charge is 2.22. The Kier molecular flexibility index (Phi) is 9.07. The van der Waals surface area contributed by atoms with Gasteiger partial charge in [-0.25, -0.2) is 0 Å². The van der Waals surface area contributed by atoms with Gasteiger partial charge in [-0.05, 0) is 19.9 Å². The van der Waals surface area contributed by atoms with Crippen LogP contribution in [0.5, 0.6) is 0 Å². The molecular formula is C18H32AlN. The third-order valence-electron chi connectivity index (χ3n) is 4.29. The summed E-state index contributed by atoms with van der Waals surface area (Å²) in [6.07, 6.45) is 5.49. The summed E-state index contributed by atoms with van der Waals surface area (Å²) >= 11 is -0.792. The molecule has 1 nitrogen and oxygen atoms in total. The predicted molar refractivity (Wildman–Crippen MR) is 94.8 cm³/mol. The van der Waals surface area contributed by atoms with Gasteiger partial charge in [0.1, 0.15) is 0 Å². The molecule has 0 amide bonds. The molecule has 0 bridgehead atoms. The average molecular weight is 289 g/mol. The maximum absolute atomic E-state index is 2.53. The molecule has 0 N–H and O–H groups in total. The molecular weight excluding hydrogens is 257 g/mol. The monoisotopic (exact) mass is 289 g/mol. The summed E-state index contributed by atoms with van der Waals surface area (Å²) < 4.78 is 1.72. The van der Waals surface area contributed by atoms with Crippen LogP contribution in [0.2, 0.25) is 10.6 Å². The summed E-state index contributed by atoms with van der Waals surface area (Å²) in [5.41, 5.74) is 1.53. The zero-order valence-corrected chi connectivity index (χ0v) is 15.1. The van der Waals surface area contributed by atoms with Crippen LogP contribution >= 0.6 is 0 Å². The van der Waals surface area contributed by atoms with Crippen molar-refractivity contribution in [2.45, 2.75) is 63.9 Å². The Balaban J connectivity index is 2.98. The number of nitrogens with zero attached hydrogens (tertiary/aromatic N) is 1. The first kappa shape index (κ1) is 17.6. The highest BCUT2D eigenvalue weighted by molar-refractivity contribution is 6.74. The van der Waals surface area contributed by atoms with Crippen molar-refractivity contribution in [3.05, 3.63) is 24.3 Å². The second-order valence-electron chi connectivity index (χ2n) is 5.71. The average Bonchev–Trinajstić information content (AvgIpc) is 2.49. The Morgan fingerprint density at radius 1 is 0.850 bits per heavy atom. The molecule has 0 saturated heterocycles. The van der Waals surface area contributed by atoms with Gasteiger partial charge in [-0.15, -0.1) is 0 Å². The molecule has 1 aromatic rings. The summed E-state index contributed by atoms with van der Waals surface area (Å²) in [6.45, 7) is 11.4. The molecule has 0 aliphatic carbocycles. The summed E-state index contributed by atoms with van der Waals surface area (Å²) in [4.78, 5) is 2.53. The van der Waals surface area contributed by atoms with Crippen molar-refractivity contribution in [1.82, 2.24) is 0 Å². The Labute approximate surface area is 130 Å². The van der Waals surface area contributed by atoms with Crippen molar-refractivity contribution in [3.63, 3.8) is 0 Å². The molecule has 0 heterocycles. The van der Waals surface area contributed by atoms with E-state index in [-0.39, 0.29) is 0 Å². The lowest BCUT2D eigenvalue weighted by atomic mass is 10.3. The maximum atomic E-state index is 2.53. The number of benzene rings is 1. The highest BCUT2D eigenvalue weighted by atomic mass is 27.2. The molecule has 0 radical (unpaired) electrons. The number of unbranched alkanes of at least 4 members (excludes halogenated alkanes) is 2. The smallest absolute Gasteiger partial charge is 0.309 e. The van der Waals surface area contributed by atoms with Gasteiger partial charge in [0.25, 0.3) is 0 Å². The topological polar surface area (TPSA) is 3.24 Å². The molecule has 0 spiro atoms. The van der Waals surface area contributed by atoms with Crippen LogP contribution < -0.4 is 9.33 Å². The quantitative estimate of drug-likeness (QED) is 0.557. The minimum atomic E-state index is -0.792. The van der Waals surface area contributed by atoms with Crippen LogP contribution in [0, 0.1) is 0 Å². The molecule has 112 valence electrons. The van der Waals surface area contributed by atoms with E-state index in [0.717, 1.165) is 13.1 Å². The molecule has 0 aromatic heterocycles. The van der Waals surface area contributed by atoms with Crippen LogP contribution in [0.25, 0.3) is 0 Å². The molecule has 0 aliphatic heterocycles. The third kappa shape index (κ3) is 5.15. The number of hydrogen-bond donors (Lipinski definition) is 0. The Bertz CT molecular complexity index is 352. The second kappa shape index (κ2) is 10.3. The van der Waals surface area contributed by atoms with E-state index < -0.39 is 14.1 Å². The molecule has 0 saturated carbocycles. The van der Waals surface area contributed by atoms with Crippen molar-refractivity contribution in [3.8, 4) is 0 Å². The van der Waals surface area contributed by atoms with Gasteiger partial charge in [-0.3, -0.25) is 0 Å². The lowest BCUT2D eigenvalue weighted by Gasteiger charge is -2.26. The number of anilines is 1. The first-order chi connectivity index (χ1) is 9.78. The largest absolute Gasteiger partial charge is 0.373 e. The van der Waals surface area contributed by atoms with Crippen LogP contribution in [0.1, 0.15) is 53.4 Å². The van der Waals surface area contributed by atoms with Gasteiger partial charge in [0.2, 0.25) is 0 Å². The third-order valence-corrected chi connectivity index (χ3v) is 7.87. The molecule has 0 aliphatic rings. The van der Waals surface area contributed by atoms with Gasteiger partial charge < -0.3 is 4.90 Å². The lowest BCUT2D eigenvalue weighted by molar-refractivity contribution is 0.843. The summed E-state index contributed by atoms with van der Waals surface area (Å²) in [6, 6.07) is 9.23. The highest BCUT2D eigenvalue weighted by Crippen LogP contribution is 2.18. The minimum absolute atomic E-state index is 0.792. The van der Waals surface area contributed by atoms with Gasteiger partial charge in [0.15, 0.2) is 0 Å². The standard InChI is InChI=1S/C10H14N.2C4H9.Al/c1-3-11(4-2)10-8-6-5-7-9-10;2*1-3-4-2;/h5-8H,3-4H2,1-2H3;2*1,3-4H2,2H3;. The van der Waals surface area contributed by atoms with Gasteiger partial charge in [-0.1, -0.05) is 72.7 Å². The first-order valence-corrected chi connectivity index (χ1v) is 10.8. The fourth-order valence-electron chi connectivity index (χ4n) is 3.04. The van der Waals surface area contributed by atoms with Crippen molar-refractivity contribution in [1.29, 1.82) is 0 Å². The predicted octanol–water partition coefficient (Wildman–Crippen LogP) is 4.83. The van der Waals surface area contributed by atoms with Gasteiger partial charge in [0.05, 0.1) is 0 Å². The zero-order chi connectivity index (χ0) is 14.8. The maximum Gasteiger partial charge on any atom is 0.309 e. The summed E-state index contributed by atoms with van der Waals surface area (Å²) in [5, 5.41) is 2.96. The van der Waals surface area contributed by atoms with Crippen LogP contribution in [-0.2, 0) is 0 Å². The van der Waals surface area contributed by atoms with Crippen molar-refractivity contribution >= 4 is 24.3 Å². The first-order valence-electron chi connectivity index (χ1n) is 8.62. The molecule has 2 heteroatoms. The molecule has 0 unspecified atom stereocenters. The number of para-hydroxylation sites is 1. The van der Waals surface area contributed by atoms with E-state index in [2.05, 4.69) is 56.9 Å². The van der Waals surface area contributed by atoms with E-state index in [1.165, 1.54) is 41.9 Å². The minimum Gasteiger partial charge on any atom is -0.373 e. The molecule has 0 atom stereocenters. The molecule has 1 aromatic carbocycles. The van der Waals surface area contributed by atoms with Crippen molar-refractivity contribution in [2.75, 3.05) is 18.0 Å². The normalized spacial score (nSPS) is 10.6. The van der Waals surface area contributed by atoms with Crippen LogP contribution in [0.4, 0.5) is 5.69 Å². The Hall–Kier alpha value is -0.448. The fraction of sp³-hybridized carbons (Fsp3) is 0.667. The van der Waals surface area contributed by atoms with Crippen molar-refractivity contribution in [2.24, 2.45) is 0 Å². The van der Waals surface area contributed by atoms with Crippen LogP contribution in [0.3, 0.4) is 0 Å². The second-order valence-corrected chi connectivity index (χ2v) is 8.88. The van der Waals surface area contributed by atoms with Crippen LogP contribution in [-0.4, -0.2) is 27.2 Å². The van der Waals surface area contributed by atoms with E-state index in [9.17, 15) is 0 Å². The van der Waals surface area contributed by atoms with E-state index in [0.29, 0.717) is 0 Å². The van der Waals surface area contributed by atoms with Gasteiger partial charge in [0, 0.05) is 18.8 Å². The number of hydrogen-bond acceptors (Lipinski definition) is 1. The Morgan fingerprint density at radius 2 is 1.40 bits per heavy atom. The van der Waals surface area contributed by atoms with E-state index >= 15 is 0 Å². The van der Waals surface area contributed by atoms with E-state index in [4.69, 9.17) is 0 Å². The van der Waals surface area contributed by atoms with Gasteiger partial charge >= 0.3 is 14.1 Å². The molecule has 20 heavy (non-hydrogen) atoms. The number of rotatable bonds is 10.